The van der Waals surface area contributed by atoms with Gasteiger partial charge in [-0.05, 0) is 30.9 Å². The fourth-order valence-electron chi connectivity index (χ4n) is 3.34. The topological polar surface area (TPSA) is 73.0 Å². The second kappa shape index (κ2) is 9.26. The highest BCUT2D eigenvalue weighted by Crippen LogP contribution is 2.25. The van der Waals surface area contributed by atoms with Gasteiger partial charge in [-0.25, -0.2) is 0 Å². The number of nitrogens with zero attached hydrogens (tertiary/aromatic N) is 3. The Kier molecular flexibility index (Phi) is 6.77. The van der Waals surface area contributed by atoms with Gasteiger partial charge in [-0.3, -0.25) is 9.36 Å². The van der Waals surface area contributed by atoms with Crippen molar-refractivity contribution in [3.05, 3.63) is 18.4 Å². The van der Waals surface area contributed by atoms with Gasteiger partial charge in [-0.2, -0.15) is 0 Å². The van der Waals surface area contributed by atoms with Crippen molar-refractivity contribution in [2.24, 2.45) is 5.92 Å². The highest BCUT2D eigenvalue weighted by molar-refractivity contribution is 7.99. The molecule has 1 N–H and O–H groups in total. The van der Waals surface area contributed by atoms with Crippen LogP contribution in [-0.2, 0) is 11.3 Å². The van der Waals surface area contributed by atoms with Gasteiger partial charge >= 0.3 is 0 Å². The Bertz CT molecular complexity index is 688. The third-order valence-corrected chi connectivity index (χ3v) is 5.53. The maximum Gasteiger partial charge on any atom is 0.230 e. The molecule has 1 fully saturated rings. The average molecular weight is 377 g/mol. The van der Waals surface area contributed by atoms with E-state index in [4.69, 9.17) is 4.42 Å². The normalized spacial score (nSPS) is 16.0. The molecule has 7 heteroatoms. The van der Waals surface area contributed by atoms with E-state index in [1.165, 1.54) is 37.4 Å². The van der Waals surface area contributed by atoms with E-state index < -0.39 is 0 Å². The number of furan rings is 1. The molecular formula is C19H28N4O2S. The minimum atomic E-state index is 0.0838. The summed E-state index contributed by atoms with van der Waals surface area (Å²) in [5, 5.41) is 12.5. The molecule has 2 aromatic heterocycles. The molecule has 3 rings (SSSR count). The lowest BCUT2D eigenvalue weighted by Crippen LogP contribution is -2.35. The molecule has 1 aliphatic carbocycles. The molecule has 0 radical (unpaired) electrons. The minimum absolute atomic E-state index is 0.0838. The minimum Gasteiger partial charge on any atom is -0.461 e. The number of nitrogens with one attached hydrogen (secondary N) is 1. The van der Waals surface area contributed by atoms with Gasteiger partial charge in [0.2, 0.25) is 5.91 Å². The Morgan fingerprint density at radius 3 is 2.73 bits per heavy atom. The van der Waals surface area contributed by atoms with E-state index in [1.807, 2.05) is 16.7 Å². The van der Waals surface area contributed by atoms with Crippen LogP contribution in [0.2, 0.25) is 0 Å². The van der Waals surface area contributed by atoms with Gasteiger partial charge in [-0.15, -0.1) is 10.2 Å². The van der Waals surface area contributed by atoms with Crippen LogP contribution in [0.25, 0.3) is 11.6 Å². The summed E-state index contributed by atoms with van der Waals surface area (Å²) >= 11 is 1.44. The smallest absolute Gasteiger partial charge is 0.230 e. The Balaban J connectivity index is 1.62. The summed E-state index contributed by atoms with van der Waals surface area (Å²) in [5.41, 5.74) is 0. The number of rotatable bonds is 7. The zero-order valence-electron chi connectivity index (χ0n) is 15.6. The van der Waals surface area contributed by atoms with Crippen LogP contribution in [0.1, 0.15) is 52.4 Å². The molecule has 0 atom stereocenters. The van der Waals surface area contributed by atoms with Crippen LogP contribution in [0.5, 0.6) is 0 Å². The molecule has 1 aliphatic rings. The predicted molar refractivity (Wildman–Crippen MR) is 103 cm³/mol. The second-order valence-corrected chi connectivity index (χ2v) is 8.28. The number of carbonyl (C=O) groups excluding carboxylic acids is 1. The number of thioether (sulfide) groups is 1. The van der Waals surface area contributed by atoms with Gasteiger partial charge in [0.15, 0.2) is 16.7 Å². The monoisotopic (exact) mass is 376 g/mol. The lowest BCUT2D eigenvalue weighted by molar-refractivity contribution is -0.119. The summed E-state index contributed by atoms with van der Waals surface area (Å²) in [6.45, 7) is 5.09. The van der Waals surface area contributed by atoms with Gasteiger partial charge in [0.25, 0.3) is 0 Å². The molecule has 0 aromatic carbocycles. The zero-order valence-corrected chi connectivity index (χ0v) is 16.4. The quantitative estimate of drug-likeness (QED) is 0.581. The summed E-state index contributed by atoms with van der Waals surface area (Å²) in [6.07, 6.45) is 8.84. The van der Waals surface area contributed by atoms with E-state index in [0.717, 1.165) is 30.4 Å². The average Bonchev–Trinajstić information content (AvgIpc) is 3.18. The second-order valence-electron chi connectivity index (χ2n) is 7.33. The Labute approximate surface area is 159 Å². The van der Waals surface area contributed by atoms with E-state index in [-0.39, 0.29) is 5.91 Å². The first-order chi connectivity index (χ1) is 12.6. The first kappa shape index (κ1) is 19.0. The highest BCUT2D eigenvalue weighted by Gasteiger charge is 2.19. The zero-order chi connectivity index (χ0) is 18.4. The van der Waals surface area contributed by atoms with Gasteiger partial charge in [0.1, 0.15) is 0 Å². The van der Waals surface area contributed by atoms with E-state index in [9.17, 15) is 4.79 Å². The molecule has 0 aliphatic heterocycles. The summed E-state index contributed by atoms with van der Waals surface area (Å²) in [7, 11) is 0. The van der Waals surface area contributed by atoms with Crippen molar-refractivity contribution >= 4 is 17.7 Å². The van der Waals surface area contributed by atoms with Crippen molar-refractivity contribution in [3.8, 4) is 11.6 Å². The lowest BCUT2D eigenvalue weighted by atomic mass is 10.1. The van der Waals surface area contributed by atoms with Crippen LogP contribution in [0, 0.1) is 5.92 Å². The number of amides is 1. The third-order valence-electron chi connectivity index (χ3n) is 4.56. The molecular weight excluding hydrogens is 348 g/mol. The van der Waals surface area contributed by atoms with Gasteiger partial charge < -0.3 is 9.73 Å². The van der Waals surface area contributed by atoms with Gasteiger partial charge in [-0.1, -0.05) is 51.3 Å². The standard InChI is InChI=1S/C19H28N4O2S/c1-14(2)12-23-18(16-10-7-11-25-16)21-22-19(23)26-13-17(24)20-15-8-5-3-4-6-9-15/h7,10-11,14-15H,3-6,8-9,12-13H2,1-2H3,(H,20,24). The molecule has 142 valence electrons. The summed E-state index contributed by atoms with van der Waals surface area (Å²) in [4.78, 5) is 12.4. The summed E-state index contributed by atoms with van der Waals surface area (Å²) < 4.78 is 7.53. The van der Waals surface area contributed by atoms with Crippen LogP contribution < -0.4 is 5.32 Å². The van der Waals surface area contributed by atoms with Crippen molar-refractivity contribution in [2.45, 2.75) is 70.1 Å². The maximum absolute atomic E-state index is 12.4. The SMILES string of the molecule is CC(C)Cn1c(SCC(=O)NC2CCCCCC2)nnc1-c1ccco1. The molecule has 2 aromatic rings. The highest BCUT2D eigenvalue weighted by atomic mass is 32.2. The van der Waals surface area contributed by atoms with Crippen molar-refractivity contribution in [2.75, 3.05) is 5.75 Å². The molecule has 0 unspecified atom stereocenters. The third kappa shape index (κ3) is 5.13. The van der Waals surface area contributed by atoms with E-state index >= 15 is 0 Å². The number of hydrogen-bond acceptors (Lipinski definition) is 5. The Morgan fingerprint density at radius 2 is 2.08 bits per heavy atom. The van der Waals surface area contributed by atoms with Crippen LogP contribution in [-0.4, -0.2) is 32.5 Å². The summed E-state index contributed by atoms with van der Waals surface area (Å²) in [6, 6.07) is 4.06. The van der Waals surface area contributed by atoms with Gasteiger partial charge in [0.05, 0.1) is 12.0 Å². The lowest BCUT2D eigenvalue weighted by Gasteiger charge is -2.16. The van der Waals surface area contributed by atoms with Crippen LogP contribution in [0.3, 0.4) is 0 Å². The molecule has 0 saturated heterocycles. The number of carbonyl (C=O) groups is 1. The van der Waals surface area contributed by atoms with E-state index in [1.54, 1.807) is 6.26 Å². The molecule has 26 heavy (non-hydrogen) atoms. The largest absolute Gasteiger partial charge is 0.461 e. The molecule has 6 nitrogen and oxygen atoms in total. The van der Waals surface area contributed by atoms with Crippen molar-refractivity contribution < 1.29 is 9.21 Å². The molecule has 0 spiro atoms. The molecule has 0 bridgehead atoms. The van der Waals surface area contributed by atoms with E-state index in [0.29, 0.717) is 23.5 Å². The fraction of sp³-hybridized carbons (Fsp3) is 0.632. The van der Waals surface area contributed by atoms with E-state index in [2.05, 4.69) is 29.4 Å². The molecule has 2 heterocycles. The molecule has 1 saturated carbocycles. The van der Waals surface area contributed by atoms with Crippen LogP contribution in [0.4, 0.5) is 0 Å². The summed E-state index contributed by atoms with van der Waals surface area (Å²) in [5.74, 6) is 2.31. The maximum atomic E-state index is 12.4. The number of hydrogen-bond donors (Lipinski definition) is 1. The first-order valence-electron chi connectivity index (χ1n) is 9.52. The first-order valence-corrected chi connectivity index (χ1v) is 10.5. The van der Waals surface area contributed by atoms with Crippen molar-refractivity contribution in [1.82, 2.24) is 20.1 Å². The van der Waals surface area contributed by atoms with Crippen molar-refractivity contribution in [1.29, 1.82) is 0 Å². The Hall–Kier alpha value is -1.76. The van der Waals surface area contributed by atoms with Crippen molar-refractivity contribution in [3.63, 3.8) is 0 Å². The van der Waals surface area contributed by atoms with Crippen LogP contribution in [0.15, 0.2) is 28.0 Å². The molecule has 1 amide bonds. The predicted octanol–water partition coefficient (Wildman–Crippen LogP) is 4.13. The van der Waals surface area contributed by atoms with Gasteiger partial charge in [0, 0.05) is 12.6 Å². The fourth-order valence-corrected chi connectivity index (χ4v) is 4.10. The Morgan fingerprint density at radius 1 is 1.31 bits per heavy atom. The van der Waals surface area contributed by atoms with Crippen LogP contribution >= 0.6 is 11.8 Å². The number of aromatic nitrogens is 3.